The monoisotopic (exact) mass is 311 g/mol. The van der Waals surface area contributed by atoms with Gasteiger partial charge < -0.3 is 10.2 Å². The van der Waals surface area contributed by atoms with Gasteiger partial charge in [0.2, 0.25) is 0 Å². The molecule has 1 aromatic rings. The van der Waals surface area contributed by atoms with Gasteiger partial charge >= 0.3 is 0 Å². The van der Waals surface area contributed by atoms with Crippen molar-refractivity contribution >= 4 is 11.6 Å². The molecule has 1 heterocycles. The number of hydrogen-bond acceptors (Lipinski definition) is 3. The lowest BCUT2D eigenvalue weighted by Crippen LogP contribution is -2.49. The molecule has 0 spiro atoms. The molecule has 4 heteroatoms. The molecule has 2 N–H and O–H groups in total. The summed E-state index contributed by atoms with van der Waals surface area (Å²) in [5, 5.41) is 20.3. The number of halogens is 1. The second-order valence-electron chi connectivity index (χ2n) is 6.99. The number of piperidine rings is 1. The van der Waals surface area contributed by atoms with Crippen LogP contribution in [-0.2, 0) is 12.0 Å². The minimum atomic E-state index is -0.437. The van der Waals surface area contributed by atoms with Crippen molar-refractivity contribution in [3.63, 3.8) is 0 Å². The van der Waals surface area contributed by atoms with E-state index in [4.69, 9.17) is 11.6 Å². The molecule has 1 aliphatic heterocycles. The van der Waals surface area contributed by atoms with Gasteiger partial charge in [-0.15, -0.1) is 0 Å². The predicted octanol–water partition coefficient (Wildman–Crippen LogP) is 2.96. The van der Waals surface area contributed by atoms with E-state index in [1.54, 1.807) is 0 Å². The topological polar surface area (TPSA) is 43.7 Å². The van der Waals surface area contributed by atoms with Crippen LogP contribution in [0.1, 0.15) is 44.7 Å². The fourth-order valence-corrected chi connectivity index (χ4v) is 3.52. The van der Waals surface area contributed by atoms with E-state index in [1.807, 2.05) is 6.07 Å². The van der Waals surface area contributed by atoms with E-state index in [9.17, 15) is 10.2 Å². The highest BCUT2D eigenvalue weighted by Gasteiger charge is 2.29. The standard InChI is InChI=1S/C17H26ClNO2/c1-17(2,3)13-7-6-12(9-14(13)18)10-19-8-4-5-16(21)15(19)11-20/h6-7,9,15-16,20-21H,4-5,8,10-11H2,1-3H3. The molecule has 3 nitrogen and oxygen atoms in total. The minimum absolute atomic E-state index is 0.00499. The molecule has 2 rings (SSSR count). The second kappa shape index (κ2) is 6.66. The van der Waals surface area contributed by atoms with E-state index in [2.05, 4.69) is 37.8 Å². The fourth-order valence-electron chi connectivity index (χ4n) is 3.04. The maximum absolute atomic E-state index is 10.00. The van der Waals surface area contributed by atoms with Crippen molar-refractivity contribution in [2.45, 2.75) is 57.7 Å². The SMILES string of the molecule is CC(C)(C)c1ccc(CN2CCCC(O)C2CO)cc1Cl. The summed E-state index contributed by atoms with van der Waals surface area (Å²) in [5.74, 6) is 0. The summed E-state index contributed by atoms with van der Waals surface area (Å²) in [5.41, 5.74) is 2.30. The van der Waals surface area contributed by atoms with Crippen LogP contribution in [0.5, 0.6) is 0 Å². The van der Waals surface area contributed by atoms with Gasteiger partial charge in [-0.25, -0.2) is 0 Å². The van der Waals surface area contributed by atoms with E-state index in [0.717, 1.165) is 35.5 Å². The molecule has 0 saturated carbocycles. The zero-order valence-corrected chi connectivity index (χ0v) is 13.9. The Balaban J connectivity index is 2.14. The number of aliphatic hydroxyl groups is 2. The highest BCUT2D eigenvalue weighted by atomic mass is 35.5. The van der Waals surface area contributed by atoms with Gasteiger partial charge in [0.15, 0.2) is 0 Å². The molecule has 2 unspecified atom stereocenters. The Kier molecular flexibility index (Phi) is 5.31. The summed E-state index contributed by atoms with van der Waals surface area (Å²) in [6.07, 6.45) is 1.30. The third kappa shape index (κ3) is 3.98. The van der Waals surface area contributed by atoms with Gasteiger partial charge in [-0.1, -0.05) is 44.5 Å². The lowest BCUT2D eigenvalue weighted by molar-refractivity contribution is -0.0197. The molecule has 1 aliphatic rings. The van der Waals surface area contributed by atoms with Crippen LogP contribution in [0.25, 0.3) is 0 Å². The fraction of sp³-hybridized carbons (Fsp3) is 0.647. The molecule has 1 fully saturated rings. The van der Waals surface area contributed by atoms with Crippen molar-refractivity contribution in [1.29, 1.82) is 0 Å². The smallest absolute Gasteiger partial charge is 0.0718 e. The molecule has 0 aliphatic carbocycles. The second-order valence-corrected chi connectivity index (χ2v) is 7.40. The van der Waals surface area contributed by atoms with Gasteiger partial charge in [0.1, 0.15) is 0 Å². The van der Waals surface area contributed by atoms with Crippen LogP contribution in [0.15, 0.2) is 18.2 Å². The predicted molar refractivity (Wildman–Crippen MR) is 86.7 cm³/mol. The van der Waals surface area contributed by atoms with Crippen LogP contribution in [-0.4, -0.2) is 40.4 Å². The van der Waals surface area contributed by atoms with E-state index >= 15 is 0 Å². The van der Waals surface area contributed by atoms with Crippen LogP contribution < -0.4 is 0 Å². The largest absolute Gasteiger partial charge is 0.395 e. The van der Waals surface area contributed by atoms with Gasteiger partial charge in [0, 0.05) is 11.6 Å². The third-order valence-electron chi connectivity index (χ3n) is 4.27. The number of likely N-dealkylation sites (tertiary alicyclic amines) is 1. The molecule has 118 valence electrons. The number of nitrogens with zero attached hydrogens (tertiary/aromatic N) is 1. The summed E-state index contributed by atoms with van der Waals surface area (Å²) in [6.45, 7) is 8.06. The van der Waals surface area contributed by atoms with Gasteiger partial charge in [0.25, 0.3) is 0 Å². The first-order chi connectivity index (χ1) is 9.82. The zero-order chi connectivity index (χ0) is 15.6. The maximum Gasteiger partial charge on any atom is 0.0718 e. The highest BCUT2D eigenvalue weighted by molar-refractivity contribution is 6.31. The van der Waals surface area contributed by atoms with Crippen LogP contribution in [0.4, 0.5) is 0 Å². The Hall–Kier alpha value is -0.610. The summed E-state index contributed by atoms with van der Waals surface area (Å²) < 4.78 is 0. The minimum Gasteiger partial charge on any atom is -0.395 e. The van der Waals surface area contributed by atoms with Gasteiger partial charge in [-0.3, -0.25) is 4.90 Å². The zero-order valence-electron chi connectivity index (χ0n) is 13.1. The van der Waals surface area contributed by atoms with Crippen LogP contribution >= 0.6 is 11.6 Å². The highest BCUT2D eigenvalue weighted by Crippen LogP contribution is 2.31. The quantitative estimate of drug-likeness (QED) is 0.902. The number of hydrogen-bond donors (Lipinski definition) is 2. The molecular weight excluding hydrogens is 286 g/mol. The Bertz CT molecular complexity index is 484. The molecule has 2 atom stereocenters. The van der Waals surface area contributed by atoms with Crippen LogP contribution in [0.2, 0.25) is 5.02 Å². The molecule has 21 heavy (non-hydrogen) atoms. The molecule has 0 radical (unpaired) electrons. The molecule has 0 aromatic heterocycles. The van der Waals surface area contributed by atoms with E-state index < -0.39 is 6.10 Å². The van der Waals surface area contributed by atoms with Crippen LogP contribution in [0.3, 0.4) is 0 Å². The third-order valence-corrected chi connectivity index (χ3v) is 4.59. The Labute approximate surface area is 132 Å². The number of benzene rings is 1. The first-order valence-corrected chi connectivity index (χ1v) is 8.02. The summed E-state index contributed by atoms with van der Waals surface area (Å²) in [4.78, 5) is 2.15. The molecule has 1 aromatic carbocycles. The molecule has 0 amide bonds. The van der Waals surface area contributed by atoms with Crippen molar-refractivity contribution < 1.29 is 10.2 Å². The summed E-state index contributed by atoms with van der Waals surface area (Å²) >= 11 is 6.41. The first kappa shape index (κ1) is 16.8. The molecular formula is C17H26ClNO2. The van der Waals surface area contributed by atoms with Crippen molar-refractivity contribution in [2.24, 2.45) is 0 Å². The summed E-state index contributed by atoms with van der Waals surface area (Å²) in [7, 11) is 0. The average molecular weight is 312 g/mol. The summed E-state index contributed by atoms with van der Waals surface area (Å²) in [6, 6.07) is 6.03. The van der Waals surface area contributed by atoms with Crippen molar-refractivity contribution in [3.8, 4) is 0 Å². The van der Waals surface area contributed by atoms with Crippen LogP contribution in [0, 0.1) is 0 Å². The van der Waals surface area contributed by atoms with Crippen molar-refractivity contribution in [1.82, 2.24) is 4.90 Å². The van der Waals surface area contributed by atoms with Gasteiger partial charge in [-0.2, -0.15) is 0 Å². The Morgan fingerprint density at radius 1 is 1.33 bits per heavy atom. The lowest BCUT2D eigenvalue weighted by Gasteiger charge is -2.38. The normalized spacial score (nSPS) is 24.3. The van der Waals surface area contributed by atoms with Crippen molar-refractivity contribution in [2.75, 3.05) is 13.2 Å². The van der Waals surface area contributed by atoms with Gasteiger partial charge in [0.05, 0.1) is 18.8 Å². The van der Waals surface area contributed by atoms with E-state index in [-0.39, 0.29) is 18.1 Å². The van der Waals surface area contributed by atoms with Crippen molar-refractivity contribution in [3.05, 3.63) is 34.3 Å². The molecule has 0 bridgehead atoms. The van der Waals surface area contributed by atoms with E-state index in [0.29, 0.717) is 6.54 Å². The Morgan fingerprint density at radius 2 is 2.05 bits per heavy atom. The van der Waals surface area contributed by atoms with E-state index in [1.165, 1.54) is 0 Å². The first-order valence-electron chi connectivity index (χ1n) is 7.65. The maximum atomic E-state index is 10.00. The Morgan fingerprint density at radius 3 is 2.62 bits per heavy atom. The molecule has 1 saturated heterocycles. The average Bonchev–Trinajstić information content (AvgIpc) is 2.37. The lowest BCUT2D eigenvalue weighted by atomic mass is 9.86. The van der Waals surface area contributed by atoms with Gasteiger partial charge in [-0.05, 0) is 42.0 Å². The number of aliphatic hydroxyl groups excluding tert-OH is 2. The number of rotatable bonds is 3.